The molecule has 0 atom stereocenters. The van der Waals surface area contributed by atoms with Crippen molar-refractivity contribution >= 4 is 5.91 Å². The molecule has 7 heteroatoms. The fourth-order valence-corrected chi connectivity index (χ4v) is 4.29. The lowest BCUT2D eigenvalue weighted by molar-refractivity contribution is -0.134. The smallest absolute Gasteiger partial charge is 0.236 e. The highest BCUT2D eigenvalue weighted by atomic mass is 16.2. The third-order valence-electron chi connectivity index (χ3n) is 6.03. The predicted molar refractivity (Wildman–Crippen MR) is 108 cm³/mol. The summed E-state index contributed by atoms with van der Waals surface area (Å²) in [4.78, 5) is 19.5. The monoisotopic (exact) mass is 382 g/mol. The zero-order valence-electron chi connectivity index (χ0n) is 16.7. The number of benzene rings is 1. The van der Waals surface area contributed by atoms with Gasteiger partial charge in [0.15, 0.2) is 0 Å². The van der Waals surface area contributed by atoms with Crippen molar-refractivity contribution in [1.82, 2.24) is 29.5 Å². The molecule has 7 nitrogen and oxygen atoms in total. The Hall–Kier alpha value is -2.25. The first-order valence-corrected chi connectivity index (χ1v) is 10.3. The molecule has 2 aliphatic rings. The largest absolute Gasteiger partial charge is 0.342 e. The number of hydrogen-bond donors (Lipinski definition) is 0. The van der Waals surface area contributed by atoms with Crippen LogP contribution in [-0.4, -0.2) is 81.2 Å². The highest BCUT2D eigenvalue weighted by Gasteiger charge is 2.28. The van der Waals surface area contributed by atoms with Gasteiger partial charge in [0.25, 0.3) is 0 Å². The molecule has 2 fully saturated rings. The van der Waals surface area contributed by atoms with E-state index in [1.165, 1.54) is 5.56 Å². The molecule has 4 rings (SSSR count). The van der Waals surface area contributed by atoms with E-state index in [1.807, 2.05) is 16.5 Å². The maximum absolute atomic E-state index is 12.7. The van der Waals surface area contributed by atoms with E-state index in [-0.39, 0.29) is 5.91 Å². The van der Waals surface area contributed by atoms with Crippen molar-refractivity contribution in [2.24, 2.45) is 7.05 Å². The van der Waals surface area contributed by atoms with Crippen LogP contribution in [-0.2, 0) is 18.4 Å². The zero-order chi connectivity index (χ0) is 19.3. The molecule has 150 valence electrons. The summed E-state index contributed by atoms with van der Waals surface area (Å²) in [5, 5.41) is 8.22. The second-order valence-electron chi connectivity index (χ2n) is 7.99. The molecule has 28 heavy (non-hydrogen) atoms. The summed E-state index contributed by atoms with van der Waals surface area (Å²) < 4.78 is 2.00. The Morgan fingerprint density at radius 2 is 1.68 bits per heavy atom. The van der Waals surface area contributed by atoms with Gasteiger partial charge in [-0.05, 0) is 18.4 Å². The van der Waals surface area contributed by atoms with Gasteiger partial charge in [-0.2, -0.15) is 0 Å². The summed E-state index contributed by atoms with van der Waals surface area (Å²) in [5.74, 6) is 1.73. The first kappa shape index (κ1) is 19.1. The lowest BCUT2D eigenvalue weighted by Gasteiger charge is -2.37. The van der Waals surface area contributed by atoms with Gasteiger partial charge in [-0.25, -0.2) is 0 Å². The third kappa shape index (κ3) is 4.59. The SMILES string of the molecule is Cn1cnnc1C1CCN(C(=O)CN2CCN(Cc3ccccc3)CC2)CC1. The number of rotatable bonds is 5. The Labute approximate surface area is 166 Å². The van der Waals surface area contributed by atoms with E-state index in [4.69, 9.17) is 0 Å². The van der Waals surface area contributed by atoms with Gasteiger partial charge in [0.05, 0.1) is 6.54 Å². The Morgan fingerprint density at radius 3 is 2.32 bits per heavy atom. The van der Waals surface area contributed by atoms with E-state index in [2.05, 4.69) is 50.3 Å². The van der Waals surface area contributed by atoms with Crippen molar-refractivity contribution in [2.75, 3.05) is 45.8 Å². The maximum atomic E-state index is 12.7. The summed E-state index contributed by atoms with van der Waals surface area (Å²) in [6.07, 6.45) is 3.70. The van der Waals surface area contributed by atoms with Gasteiger partial charge >= 0.3 is 0 Å². The van der Waals surface area contributed by atoms with E-state index in [1.54, 1.807) is 6.33 Å². The minimum atomic E-state index is 0.271. The summed E-state index contributed by atoms with van der Waals surface area (Å²) in [6, 6.07) is 10.6. The molecule has 0 saturated carbocycles. The van der Waals surface area contributed by atoms with Crippen molar-refractivity contribution in [3.05, 3.63) is 48.0 Å². The quantitative estimate of drug-likeness (QED) is 0.781. The van der Waals surface area contributed by atoms with Crippen LogP contribution in [0, 0.1) is 0 Å². The highest BCUT2D eigenvalue weighted by Crippen LogP contribution is 2.26. The molecule has 2 aliphatic heterocycles. The van der Waals surface area contributed by atoms with Crippen LogP contribution in [0.3, 0.4) is 0 Å². The van der Waals surface area contributed by atoms with Crippen LogP contribution in [0.5, 0.6) is 0 Å². The van der Waals surface area contributed by atoms with Crippen LogP contribution in [0.1, 0.15) is 30.1 Å². The van der Waals surface area contributed by atoms with E-state index < -0.39 is 0 Å². The summed E-state index contributed by atoms with van der Waals surface area (Å²) in [7, 11) is 1.99. The fraction of sp³-hybridized carbons (Fsp3) is 0.571. The normalized spacial score (nSPS) is 19.8. The number of hydrogen-bond acceptors (Lipinski definition) is 5. The van der Waals surface area contributed by atoms with Gasteiger partial charge in [-0.3, -0.25) is 14.6 Å². The summed E-state index contributed by atoms with van der Waals surface area (Å²) in [6.45, 7) is 7.18. The molecule has 0 N–H and O–H groups in total. The number of carbonyl (C=O) groups is 1. The Kier molecular flexibility index (Phi) is 6.02. The zero-order valence-corrected chi connectivity index (χ0v) is 16.7. The van der Waals surface area contributed by atoms with Crippen LogP contribution in [0.2, 0.25) is 0 Å². The van der Waals surface area contributed by atoms with Crippen molar-refractivity contribution in [2.45, 2.75) is 25.3 Å². The van der Waals surface area contributed by atoms with Crippen molar-refractivity contribution in [3.63, 3.8) is 0 Å². The molecule has 0 radical (unpaired) electrons. The maximum Gasteiger partial charge on any atom is 0.236 e. The van der Waals surface area contributed by atoms with Crippen LogP contribution in [0.4, 0.5) is 0 Å². The lowest BCUT2D eigenvalue weighted by Crippen LogP contribution is -2.50. The van der Waals surface area contributed by atoms with E-state index >= 15 is 0 Å². The molecule has 0 aliphatic carbocycles. The van der Waals surface area contributed by atoms with Crippen molar-refractivity contribution in [3.8, 4) is 0 Å². The second-order valence-corrected chi connectivity index (χ2v) is 7.99. The molecular weight excluding hydrogens is 352 g/mol. The number of carbonyl (C=O) groups excluding carboxylic acids is 1. The van der Waals surface area contributed by atoms with Gasteiger partial charge in [0.2, 0.25) is 5.91 Å². The van der Waals surface area contributed by atoms with Gasteiger partial charge in [0.1, 0.15) is 12.2 Å². The standard InChI is InChI=1S/C21H30N6O/c1-24-17-22-23-21(24)19-7-9-27(10-8-19)20(28)16-26-13-11-25(12-14-26)15-18-5-3-2-4-6-18/h2-6,17,19H,7-16H2,1H3. The van der Waals surface area contributed by atoms with E-state index in [0.29, 0.717) is 12.5 Å². The van der Waals surface area contributed by atoms with E-state index in [0.717, 1.165) is 64.5 Å². The number of amides is 1. The molecule has 0 bridgehead atoms. The van der Waals surface area contributed by atoms with Crippen LogP contribution >= 0.6 is 0 Å². The molecule has 1 aromatic heterocycles. The number of likely N-dealkylation sites (tertiary alicyclic amines) is 1. The number of aryl methyl sites for hydroxylation is 1. The fourth-order valence-electron chi connectivity index (χ4n) is 4.29. The predicted octanol–water partition coefficient (Wildman–Crippen LogP) is 1.34. The van der Waals surface area contributed by atoms with Crippen LogP contribution in [0.25, 0.3) is 0 Å². The Morgan fingerprint density at radius 1 is 1.00 bits per heavy atom. The number of aromatic nitrogens is 3. The average Bonchev–Trinajstić information content (AvgIpc) is 3.16. The minimum absolute atomic E-state index is 0.271. The first-order valence-electron chi connectivity index (χ1n) is 10.3. The molecule has 3 heterocycles. The average molecular weight is 383 g/mol. The number of nitrogens with zero attached hydrogens (tertiary/aromatic N) is 6. The van der Waals surface area contributed by atoms with Crippen LogP contribution in [0.15, 0.2) is 36.7 Å². The Balaban J connectivity index is 1.19. The van der Waals surface area contributed by atoms with Crippen molar-refractivity contribution < 1.29 is 4.79 Å². The summed E-state index contributed by atoms with van der Waals surface area (Å²) >= 11 is 0. The Bertz CT molecular complexity index is 760. The van der Waals surface area contributed by atoms with Gasteiger partial charge in [0, 0.05) is 58.8 Å². The van der Waals surface area contributed by atoms with Gasteiger partial charge in [-0.15, -0.1) is 10.2 Å². The van der Waals surface area contributed by atoms with Crippen LogP contribution < -0.4 is 0 Å². The molecule has 0 spiro atoms. The van der Waals surface area contributed by atoms with Gasteiger partial charge < -0.3 is 9.47 Å². The minimum Gasteiger partial charge on any atom is -0.342 e. The molecule has 2 aromatic rings. The number of piperidine rings is 1. The van der Waals surface area contributed by atoms with E-state index in [9.17, 15) is 4.79 Å². The molecule has 1 aromatic carbocycles. The van der Waals surface area contributed by atoms with Crippen molar-refractivity contribution in [1.29, 1.82) is 0 Å². The lowest BCUT2D eigenvalue weighted by atomic mass is 9.96. The highest BCUT2D eigenvalue weighted by molar-refractivity contribution is 5.78. The number of piperazine rings is 1. The molecule has 1 amide bonds. The molecule has 0 unspecified atom stereocenters. The molecular formula is C21H30N6O. The second kappa shape index (κ2) is 8.84. The summed E-state index contributed by atoms with van der Waals surface area (Å²) in [5.41, 5.74) is 1.36. The third-order valence-corrected chi connectivity index (χ3v) is 6.03. The first-order chi connectivity index (χ1) is 13.7. The van der Waals surface area contributed by atoms with Gasteiger partial charge in [-0.1, -0.05) is 30.3 Å². The molecule has 2 saturated heterocycles. The topological polar surface area (TPSA) is 57.5 Å².